The topological polar surface area (TPSA) is 92.5 Å². The highest BCUT2D eigenvalue weighted by Crippen LogP contribution is 2.33. The zero-order valence-electron chi connectivity index (χ0n) is 12.4. The molecule has 2 aliphatic heterocycles. The molecule has 22 heavy (non-hydrogen) atoms. The minimum absolute atomic E-state index is 0.163. The molecule has 0 spiro atoms. The maximum absolute atomic E-state index is 12.9. The van der Waals surface area contributed by atoms with Crippen LogP contribution < -0.4 is 5.32 Å². The van der Waals surface area contributed by atoms with E-state index in [9.17, 15) is 18.5 Å². The van der Waals surface area contributed by atoms with E-state index in [-0.39, 0.29) is 10.6 Å². The molecule has 120 valence electrons. The lowest BCUT2D eigenvalue weighted by Crippen LogP contribution is -2.47. The van der Waals surface area contributed by atoms with Crippen LogP contribution in [0.25, 0.3) is 0 Å². The molecule has 1 N–H and O–H groups in total. The number of nitrogens with one attached hydrogen (secondary N) is 1. The fraction of sp³-hybridized carbons (Fsp3) is 0.571. The Morgan fingerprint density at radius 3 is 2.86 bits per heavy atom. The van der Waals surface area contributed by atoms with E-state index >= 15 is 0 Å². The van der Waals surface area contributed by atoms with E-state index in [1.807, 2.05) is 0 Å². The summed E-state index contributed by atoms with van der Waals surface area (Å²) in [6.45, 7) is 3.35. The molecule has 7 nitrogen and oxygen atoms in total. The zero-order chi connectivity index (χ0) is 15.9. The second-order valence-electron chi connectivity index (χ2n) is 5.94. The van der Waals surface area contributed by atoms with E-state index in [2.05, 4.69) is 5.32 Å². The van der Waals surface area contributed by atoms with Gasteiger partial charge in [-0.2, -0.15) is 4.31 Å². The molecule has 0 saturated carbocycles. The van der Waals surface area contributed by atoms with Gasteiger partial charge in [0.05, 0.1) is 4.92 Å². The van der Waals surface area contributed by atoms with Crippen LogP contribution in [-0.4, -0.2) is 43.3 Å². The van der Waals surface area contributed by atoms with Gasteiger partial charge in [0.2, 0.25) is 10.0 Å². The fourth-order valence-electron chi connectivity index (χ4n) is 3.48. The highest BCUT2D eigenvalue weighted by Gasteiger charge is 2.40. The summed E-state index contributed by atoms with van der Waals surface area (Å²) in [6, 6.07) is 4.74. The van der Waals surface area contributed by atoms with Crippen molar-refractivity contribution < 1.29 is 13.3 Å². The van der Waals surface area contributed by atoms with Gasteiger partial charge < -0.3 is 5.32 Å². The lowest BCUT2D eigenvalue weighted by Gasteiger charge is -2.34. The first kappa shape index (κ1) is 15.4. The summed E-state index contributed by atoms with van der Waals surface area (Å²) in [5, 5.41) is 14.6. The van der Waals surface area contributed by atoms with Gasteiger partial charge in [-0.15, -0.1) is 0 Å². The third-order valence-corrected chi connectivity index (χ3v) is 6.66. The van der Waals surface area contributed by atoms with Crippen molar-refractivity contribution >= 4 is 15.7 Å². The number of nitro groups is 1. The molecule has 1 aromatic rings. The van der Waals surface area contributed by atoms with Gasteiger partial charge in [-0.3, -0.25) is 10.1 Å². The van der Waals surface area contributed by atoms with Gasteiger partial charge in [-0.05, 0) is 37.8 Å². The van der Waals surface area contributed by atoms with Crippen LogP contribution in [0.5, 0.6) is 0 Å². The molecule has 2 fully saturated rings. The molecule has 0 radical (unpaired) electrons. The Hall–Kier alpha value is -1.51. The van der Waals surface area contributed by atoms with Crippen LogP contribution in [0.4, 0.5) is 5.69 Å². The Morgan fingerprint density at radius 2 is 2.14 bits per heavy atom. The van der Waals surface area contributed by atoms with Crippen LogP contribution in [0.1, 0.15) is 18.4 Å². The number of benzene rings is 1. The van der Waals surface area contributed by atoms with Crippen molar-refractivity contribution in [2.75, 3.05) is 19.6 Å². The quantitative estimate of drug-likeness (QED) is 0.667. The zero-order valence-corrected chi connectivity index (χ0v) is 13.2. The summed E-state index contributed by atoms with van der Waals surface area (Å²) in [4.78, 5) is 10.4. The smallest absolute Gasteiger partial charge is 0.289 e. The van der Waals surface area contributed by atoms with Gasteiger partial charge >= 0.3 is 0 Å². The summed E-state index contributed by atoms with van der Waals surface area (Å²) < 4.78 is 27.3. The SMILES string of the molecule is Cc1cccc([N+](=O)[O-])c1S(=O)(=O)N1CCC2NCCC2C1. The Labute approximate surface area is 129 Å². The Morgan fingerprint density at radius 1 is 1.36 bits per heavy atom. The third-order valence-electron chi connectivity index (χ3n) is 4.60. The first-order chi connectivity index (χ1) is 10.4. The number of rotatable bonds is 3. The molecule has 2 unspecified atom stereocenters. The molecule has 2 saturated heterocycles. The van der Waals surface area contributed by atoms with Gasteiger partial charge in [0.1, 0.15) is 0 Å². The molecule has 1 aromatic carbocycles. The van der Waals surface area contributed by atoms with Gasteiger partial charge in [0, 0.05) is 25.2 Å². The van der Waals surface area contributed by atoms with Crippen LogP contribution >= 0.6 is 0 Å². The number of hydrogen-bond donors (Lipinski definition) is 1. The average Bonchev–Trinajstić information content (AvgIpc) is 2.93. The summed E-state index contributed by atoms with van der Waals surface area (Å²) in [7, 11) is -3.84. The van der Waals surface area contributed by atoms with Crippen molar-refractivity contribution in [1.82, 2.24) is 9.62 Å². The lowest BCUT2D eigenvalue weighted by atomic mass is 9.95. The first-order valence-electron chi connectivity index (χ1n) is 7.39. The van der Waals surface area contributed by atoms with E-state index in [1.165, 1.54) is 16.4 Å². The third kappa shape index (κ3) is 2.51. The summed E-state index contributed by atoms with van der Waals surface area (Å²) in [6.07, 6.45) is 1.70. The number of fused-ring (bicyclic) bond motifs is 1. The highest BCUT2D eigenvalue weighted by atomic mass is 32.2. The lowest BCUT2D eigenvalue weighted by molar-refractivity contribution is -0.387. The molecule has 8 heteroatoms. The number of hydrogen-bond acceptors (Lipinski definition) is 5. The maximum Gasteiger partial charge on any atom is 0.289 e. The van der Waals surface area contributed by atoms with E-state index in [0.717, 1.165) is 19.4 Å². The molecule has 0 aromatic heterocycles. The van der Waals surface area contributed by atoms with Crippen LogP contribution in [0.15, 0.2) is 23.1 Å². The molecular formula is C14H19N3O4S. The standard InChI is InChI=1S/C14H19N3O4S/c1-10-3-2-4-13(17(18)19)14(10)22(20,21)16-8-6-12-11(9-16)5-7-15-12/h2-4,11-12,15H,5-9H2,1H3. The number of nitrogens with zero attached hydrogens (tertiary/aromatic N) is 2. The van der Waals surface area contributed by atoms with Crippen molar-refractivity contribution in [2.24, 2.45) is 5.92 Å². The van der Waals surface area contributed by atoms with Gasteiger partial charge in [0.15, 0.2) is 4.90 Å². The van der Waals surface area contributed by atoms with Crippen molar-refractivity contribution in [2.45, 2.75) is 30.7 Å². The molecule has 2 heterocycles. The summed E-state index contributed by atoms with van der Waals surface area (Å²) in [5.74, 6) is 0.298. The van der Waals surface area contributed by atoms with E-state index in [4.69, 9.17) is 0 Å². The number of sulfonamides is 1. The van der Waals surface area contributed by atoms with Crippen molar-refractivity contribution in [3.8, 4) is 0 Å². The minimum Gasteiger partial charge on any atom is -0.314 e. The Kier molecular flexibility index (Phi) is 3.92. The summed E-state index contributed by atoms with van der Waals surface area (Å²) in [5.41, 5.74) is 0.0764. The van der Waals surface area contributed by atoms with Crippen LogP contribution in [-0.2, 0) is 10.0 Å². The van der Waals surface area contributed by atoms with E-state index < -0.39 is 14.9 Å². The van der Waals surface area contributed by atoms with Gasteiger partial charge in [-0.25, -0.2) is 8.42 Å². The predicted octanol–water partition coefficient (Wildman–Crippen LogP) is 1.28. The number of nitro benzene ring substituents is 1. The molecule has 0 aliphatic carbocycles. The number of aryl methyl sites for hydroxylation is 1. The molecule has 2 aliphatic rings. The normalized spacial score (nSPS) is 25.9. The monoisotopic (exact) mass is 325 g/mol. The number of piperidine rings is 1. The summed E-state index contributed by atoms with van der Waals surface area (Å²) >= 11 is 0. The van der Waals surface area contributed by atoms with Gasteiger partial charge in [0.25, 0.3) is 5.69 Å². The molecule has 0 amide bonds. The van der Waals surface area contributed by atoms with Crippen molar-refractivity contribution in [3.05, 3.63) is 33.9 Å². The van der Waals surface area contributed by atoms with Crippen molar-refractivity contribution in [1.29, 1.82) is 0 Å². The average molecular weight is 325 g/mol. The van der Waals surface area contributed by atoms with Crippen LogP contribution in [0.3, 0.4) is 0 Å². The molecular weight excluding hydrogens is 306 g/mol. The highest BCUT2D eigenvalue weighted by molar-refractivity contribution is 7.89. The Bertz CT molecular complexity index is 704. The largest absolute Gasteiger partial charge is 0.314 e. The first-order valence-corrected chi connectivity index (χ1v) is 8.83. The fourth-order valence-corrected chi connectivity index (χ4v) is 5.35. The second-order valence-corrected chi connectivity index (χ2v) is 7.82. The predicted molar refractivity (Wildman–Crippen MR) is 81.1 cm³/mol. The van der Waals surface area contributed by atoms with E-state index in [1.54, 1.807) is 13.0 Å². The Balaban J connectivity index is 1.98. The second kappa shape index (κ2) is 5.60. The maximum atomic E-state index is 12.9. The van der Waals surface area contributed by atoms with Crippen molar-refractivity contribution in [3.63, 3.8) is 0 Å². The molecule has 0 bridgehead atoms. The van der Waals surface area contributed by atoms with E-state index in [0.29, 0.717) is 30.6 Å². The van der Waals surface area contributed by atoms with Crippen LogP contribution in [0, 0.1) is 23.0 Å². The van der Waals surface area contributed by atoms with Crippen LogP contribution in [0.2, 0.25) is 0 Å². The molecule has 3 rings (SSSR count). The molecule has 2 atom stereocenters. The minimum atomic E-state index is -3.84. The van der Waals surface area contributed by atoms with Gasteiger partial charge in [-0.1, -0.05) is 12.1 Å².